The first-order chi connectivity index (χ1) is 12.9. The number of carbonyl (C=O) groups is 1. The van der Waals surface area contributed by atoms with Crippen molar-refractivity contribution in [3.63, 3.8) is 0 Å². The number of nitrogens with zero attached hydrogens (tertiary/aromatic N) is 1. The largest absolute Gasteiger partial charge is 0.444 e. The van der Waals surface area contributed by atoms with Gasteiger partial charge in [-0.1, -0.05) is 0 Å². The van der Waals surface area contributed by atoms with Gasteiger partial charge in [0.05, 0.1) is 5.56 Å². The Labute approximate surface area is 162 Å². The highest BCUT2D eigenvalue weighted by Crippen LogP contribution is 2.47. The lowest BCUT2D eigenvalue weighted by molar-refractivity contribution is -0.137. The Kier molecular flexibility index (Phi) is 5.27. The standard InChI is InChI=1S/C20H26F4N2O2/c1-18(2,3)28-17(27)26-9-8-19(12-26)7-6-14(11-19)25-16-5-4-13(21)10-15(16)20(22,23)24/h4-5,10,14,25H,6-9,11-12H2,1-3H3. The molecule has 28 heavy (non-hydrogen) atoms. The van der Waals surface area contributed by atoms with Gasteiger partial charge in [0.1, 0.15) is 11.4 Å². The zero-order valence-electron chi connectivity index (χ0n) is 16.3. The number of alkyl halides is 3. The average molecular weight is 402 g/mol. The van der Waals surface area contributed by atoms with Gasteiger partial charge in [0.2, 0.25) is 0 Å². The number of hydrogen-bond donors (Lipinski definition) is 1. The molecule has 0 aromatic heterocycles. The highest BCUT2D eigenvalue weighted by molar-refractivity contribution is 5.68. The number of carbonyl (C=O) groups excluding carboxylic acids is 1. The zero-order chi connectivity index (χ0) is 20.7. The number of nitrogens with one attached hydrogen (secondary N) is 1. The predicted octanol–water partition coefficient (Wildman–Crippen LogP) is 5.44. The van der Waals surface area contributed by atoms with E-state index in [0.29, 0.717) is 32.0 Å². The van der Waals surface area contributed by atoms with Gasteiger partial charge in [-0.15, -0.1) is 0 Å². The van der Waals surface area contributed by atoms with Crippen LogP contribution >= 0.6 is 0 Å². The maximum absolute atomic E-state index is 13.3. The number of benzene rings is 1. The molecular formula is C20H26F4N2O2. The van der Waals surface area contributed by atoms with Crippen LogP contribution in [0.2, 0.25) is 0 Å². The first kappa shape index (κ1) is 20.7. The molecular weight excluding hydrogens is 376 g/mol. The van der Waals surface area contributed by atoms with Crippen LogP contribution in [-0.2, 0) is 10.9 Å². The Bertz CT molecular complexity index is 745. The molecule has 1 spiro atoms. The van der Waals surface area contributed by atoms with Crippen LogP contribution in [0.25, 0.3) is 0 Å². The molecule has 2 unspecified atom stereocenters. The fourth-order valence-electron chi connectivity index (χ4n) is 4.22. The molecule has 0 bridgehead atoms. The van der Waals surface area contributed by atoms with Gasteiger partial charge in [0.25, 0.3) is 0 Å². The molecule has 2 atom stereocenters. The summed E-state index contributed by atoms with van der Waals surface area (Å²) in [5, 5.41) is 2.96. The van der Waals surface area contributed by atoms with E-state index < -0.39 is 23.2 Å². The molecule has 1 saturated heterocycles. The van der Waals surface area contributed by atoms with Gasteiger partial charge in [0, 0.05) is 24.8 Å². The smallest absolute Gasteiger partial charge is 0.418 e. The Morgan fingerprint density at radius 3 is 2.61 bits per heavy atom. The van der Waals surface area contributed by atoms with E-state index in [1.165, 1.54) is 0 Å². The van der Waals surface area contributed by atoms with Gasteiger partial charge in [-0.05, 0) is 70.1 Å². The molecule has 1 N–H and O–H groups in total. The first-order valence-electron chi connectivity index (χ1n) is 9.48. The van der Waals surface area contributed by atoms with E-state index in [4.69, 9.17) is 4.74 Å². The Morgan fingerprint density at radius 1 is 1.25 bits per heavy atom. The van der Waals surface area contributed by atoms with E-state index in [2.05, 4.69) is 5.32 Å². The van der Waals surface area contributed by atoms with Crippen molar-refractivity contribution in [1.82, 2.24) is 4.90 Å². The molecule has 2 fully saturated rings. The van der Waals surface area contributed by atoms with Crippen LogP contribution in [-0.4, -0.2) is 35.7 Å². The molecule has 1 aliphatic carbocycles. The minimum absolute atomic E-state index is 0.0991. The topological polar surface area (TPSA) is 41.6 Å². The third-order valence-corrected chi connectivity index (χ3v) is 5.44. The summed E-state index contributed by atoms with van der Waals surface area (Å²) in [6, 6.07) is 2.55. The van der Waals surface area contributed by atoms with Crippen LogP contribution in [0.4, 0.5) is 28.0 Å². The van der Waals surface area contributed by atoms with Crippen LogP contribution in [0, 0.1) is 11.2 Å². The molecule has 1 saturated carbocycles. The van der Waals surface area contributed by atoms with E-state index >= 15 is 0 Å². The van der Waals surface area contributed by atoms with Gasteiger partial charge < -0.3 is 15.0 Å². The average Bonchev–Trinajstić information content (AvgIpc) is 3.14. The van der Waals surface area contributed by atoms with E-state index in [-0.39, 0.29) is 23.2 Å². The Balaban J connectivity index is 1.65. The number of rotatable bonds is 2. The molecule has 1 heterocycles. The molecule has 2 aliphatic rings. The molecule has 3 rings (SSSR count). The molecule has 1 aliphatic heterocycles. The molecule has 1 amide bonds. The van der Waals surface area contributed by atoms with Crippen LogP contribution < -0.4 is 5.32 Å². The zero-order valence-corrected chi connectivity index (χ0v) is 16.3. The van der Waals surface area contributed by atoms with Crippen molar-refractivity contribution in [2.24, 2.45) is 5.41 Å². The van der Waals surface area contributed by atoms with Crippen LogP contribution in [0.5, 0.6) is 0 Å². The van der Waals surface area contributed by atoms with Gasteiger partial charge >= 0.3 is 12.3 Å². The van der Waals surface area contributed by atoms with Crippen molar-refractivity contribution in [3.05, 3.63) is 29.6 Å². The van der Waals surface area contributed by atoms with Gasteiger partial charge in [-0.3, -0.25) is 0 Å². The molecule has 0 radical (unpaired) electrons. The van der Waals surface area contributed by atoms with E-state index in [0.717, 1.165) is 25.0 Å². The predicted molar refractivity (Wildman–Crippen MR) is 97.5 cm³/mol. The van der Waals surface area contributed by atoms with Gasteiger partial charge in [-0.25, -0.2) is 9.18 Å². The number of likely N-dealkylation sites (tertiary alicyclic amines) is 1. The normalized spacial score (nSPS) is 25.4. The third-order valence-electron chi connectivity index (χ3n) is 5.44. The van der Waals surface area contributed by atoms with E-state index in [1.54, 1.807) is 4.90 Å². The fraction of sp³-hybridized carbons (Fsp3) is 0.650. The second-order valence-electron chi connectivity index (χ2n) is 8.92. The summed E-state index contributed by atoms with van der Waals surface area (Å²) in [5.41, 5.74) is -1.76. The molecule has 4 nitrogen and oxygen atoms in total. The number of anilines is 1. The molecule has 1 aromatic carbocycles. The summed E-state index contributed by atoms with van der Waals surface area (Å²) in [5.74, 6) is -0.912. The summed E-state index contributed by atoms with van der Waals surface area (Å²) in [6.45, 7) is 6.58. The minimum Gasteiger partial charge on any atom is -0.444 e. The summed E-state index contributed by atoms with van der Waals surface area (Å²) in [7, 11) is 0. The first-order valence-corrected chi connectivity index (χ1v) is 9.48. The Morgan fingerprint density at radius 2 is 1.96 bits per heavy atom. The summed E-state index contributed by atoms with van der Waals surface area (Å²) in [4.78, 5) is 14.0. The van der Waals surface area contributed by atoms with Crippen molar-refractivity contribution in [3.8, 4) is 0 Å². The summed E-state index contributed by atoms with van der Waals surface area (Å²) < 4.78 is 58.3. The Hall–Kier alpha value is -1.99. The van der Waals surface area contributed by atoms with Gasteiger partial charge in [0.15, 0.2) is 0 Å². The molecule has 1 aromatic rings. The number of halogens is 4. The van der Waals surface area contributed by atoms with Crippen molar-refractivity contribution in [2.75, 3.05) is 18.4 Å². The van der Waals surface area contributed by atoms with Crippen molar-refractivity contribution in [2.45, 2.75) is 64.3 Å². The monoisotopic (exact) mass is 402 g/mol. The van der Waals surface area contributed by atoms with E-state index in [9.17, 15) is 22.4 Å². The van der Waals surface area contributed by atoms with Crippen LogP contribution in [0.3, 0.4) is 0 Å². The number of ether oxygens (including phenoxy) is 1. The van der Waals surface area contributed by atoms with Crippen LogP contribution in [0.1, 0.15) is 52.0 Å². The highest BCUT2D eigenvalue weighted by atomic mass is 19.4. The second kappa shape index (κ2) is 7.12. The van der Waals surface area contributed by atoms with Crippen LogP contribution in [0.15, 0.2) is 18.2 Å². The van der Waals surface area contributed by atoms with Gasteiger partial charge in [-0.2, -0.15) is 13.2 Å². The number of hydrogen-bond acceptors (Lipinski definition) is 3. The summed E-state index contributed by atoms with van der Waals surface area (Å²) >= 11 is 0. The SMILES string of the molecule is CC(C)(C)OC(=O)N1CCC2(CCC(Nc3ccc(F)cc3C(F)(F)F)C2)C1. The summed E-state index contributed by atoms with van der Waals surface area (Å²) in [6.07, 6.45) is -1.97. The maximum Gasteiger partial charge on any atom is 0.418 e. The van der Waals surface area contributed by atoms with E-state index in [1.807, 2.05) is 20.8 Å². The lowest BCUT2D eigenvalue weighted by atomic mass is 9.85. The fourth-order valence-corrected chi connectivity index (χ4v) is 4.22. The lowest BCUT2D eigenvalue weighted by Crippen LogP contribution is -2.36. The lowest BCUT2D eigenvalue weighted by Gasteiger charge is -2.27. The van der Waals surface area contributed by atoms with Crippen molar-refractivity contribution >= 4 is 11.8 Å². The molecule has 8 heteroatoms. The quantitative estimate of drug-likeness (QED) is 0.670. The maximum atomic E-state index is 13.3. The second-order valence-corrected chi connectivity index (χ2v) is 8.92. The highest BCUT2D eigenvalue weighted by Gasteiger charge is 2.46. The number of amides is 1. The third kappa shape index (κ3) is 4.70. The van der Waals surface area contributed by atoms with Crippen molar-refractivity contribution in [1.29, 1.82) is 0 Å². The van der Waals surface area contributed by atoms with Crippen molar-refractivity contribution < 1.29 is 27.1 Å². The molecule has 156 valence electrons. The minimum atomic E-state index is -4.62.